The minimum absolute atomic E-state index is 0.230. The number of rotatable bonds is 3. The molecule has 2 aromatic rings. The van der Waals surface area contributed by atoms with Gasteiger partial charge < -0.3 is 0 Å². The van der Waals surface area contributed by atoms with E-state index in [9.17, 15) is 8.42 Å². The second kappa shape index (κ2) is 5.95. The fourth-order valence-electron chi connectivity index (χ4n) is 1.65. The van der Waals surface area contributed by atoms with E-state index in [0.717, 1.165) is 6.26 Å². The summed E-state index contributed by atoms with van der Waals surface area (Å²) in [6, 6.07) is 11.6. The lowest BCUT2D eigenvalue weighted by Crippen LogP contribution is -2.01. The maximum Gasteiger partial charge on any atom is 0.176 e. The molecule has 0 bridgehead atoms. The van der Waals surface area contributed by atoms with E-state index in [2.05, 4.69) is 4.99 Å². The monoisotopic (exact) mass is 327 g/mol. The average Bonchev–Trinajstić information content (AvgIpc) is 2.37. The number of benzene rings is 2. The quantitative estimate of drug-likeness (QED) is 0.795. The van der Waals surface area contributed by atoms with Crippen molar-refractivity contribution in [3.63, 3.8) is 0 Å². The molecule has 0 aliphatic carbocycles. The molecule has 2 rings (SSSR count). The molecule has 0 aliphatic rings. The molecule has 0 atom stereocenters. The van der Waals surface area contributed by atoms with Crippen molar-refractivity contribution in [1.29, 1.82) is 0 Å². The highest BCUT2D eigenvalue weighted by atomic mass is 35.5. The first-order chi connectivity index (χ1) is 9.38. The minimum atomic E-state index is -3.30. The predicted octanol–water partition coefficient (Wildman–Crippen LogP) is 4.15. The van der Waals surface area contributed by atoms with Gasteiger partial charge in [-0.15, -0.1) is 0 Å². The Kier molecular flexibility index (Phi) is 4.48. The SMILES string of the molecule is CS(=O)(=O)c1ccccc1C=Nc1ccc(Cl)cc1Cl. The zero-order chi connectivity index (χ0) is 14.8. The first-order valence-electron chi connectivity index (χ1n) is 5.66. The number of aliphatic imine (C=N–C) groups is 1. The van der Waals surface area contributed by atoms with Crippen LogP contribution in [0, 0.1) is 0 Å². The smallest absolute Gasteiger partial charge is 0.176 e. The lowest BCUT2D eigenvalue weighted by molar-refractivity contribution is 0.602. The summed E-state index contributed by atoms with van der Waals surface area (Å²) in [6.07, 6.45) is 2.64. The maximum atomic E-state index is 11.7. The van der Waals surface area contributed by atoms with Gasteiger partial charge in [0.1, 0.15) is 0 Å². The Morgan fingerprint density at radius 2 is 1.80 bits per heavy atom. The van der Waals surface area contributed by atoms with Crippen LogP contribution >= 0.6 is 23.2 Å². The van der Waals surface area contributed by atoms with Crippen LogP contribution in [0.3, 0.4) is 0 Å². The lowest BCUT2D eigenvalue weighted by Gasteiger charge is -2.03. The Labute approximate surface area is 127 Å². The molecule has 0 amide bonds. The van der Waals surface area contributed by atoms with Crippen molar-refractivity contribution in [3.8, 4) is 0 Å². The van der Waals surface area contributed by atoms with Crippen LogP contribution in [0.4, 0.5) is 5.69 Å². The molecule has 0 spiro atoms. The van der Waals surface area contributed by atoms with E-state index in [1.54, 1.807) is 42.5 Å². The summed E-state index contributed by atoms with van der Waals surface area (Å²) >= 11 is 11.8. The standard InChI is InChI=1S/C14H11Cl2NO2S/c1-20(18,19)14-5-3-2-4-10(14)9-17-13-7-6-11(15)8-12(13)16/h2-9H,1H3. The van der Waals surface area contributed by atoms with Crippen LogP contribution in [0.15, 0.2) is 52.4 Å². The van der Waals surface area contributed by atoms with Gasteiger partial charge >= 0.3 is 0 Å². The molecular formula is C14H11Cl2NO2S. The van der Waals surface area contributed by atoms with Gasteiger partial charge in [0.05, 0.1) is 15.6 Å². The maximum absolute atomic E-state index is 11.7. The lowest BCUT2D eigenvalue weighted by atomic mass is 10.2. The average molecular weight is 328 g/mol. The molecule has 0 aromatic heterocycles. The molecule has 20 heavy (non-hydrogen) atoms. The van der Waals surface area contributed by atoms with Crippen LogP contribution < -0.4 is 0 Å². The Hall–Kier alpha value is -1.36. The van der Waals surface area contributed by atoms with Crippen molar-refractivity contribution in [3.05, 3.63) is 58.1 Å². The number of hydrogen-bond donors (Lipinski definition) is 0. The molecule has 2 aromatic carbocycles. The van der Waals surface area contributed by atoms with E-state index >= 15 is 0 Å². The Morgan fingerprint density at radius 1 is 1.10 bits per heavy atom. The van der Waals surface area contributed by atoms with Crippen molar-refractivity contribution in [2.45, 2.75) is 4.90 Å². The van der Waals surface area contributed by atoms with Crippen molar-refractivity contribution in [1.82, 2.24) is 0 Å². The summed E-state index contributed by atoms with van der Waals surface area (Å²) < 4.78 is 23.3. The highest BCUT2D eigenvalue weighted by Gasteiger charge is 2.10. The third-order valence-corrected chi connectivity index (χ3v) is 4.28. The van der Waals surface area contributed by atoms with Gasteiger partial charge in [-0.05, 0) is 24.3 Å². The zero-order valence-corrected chi connectivity index (χ0v) is 12.9. The van der Waals surface area contributed by atoms with Crippen molar-refractivity contribution in [2.75, 3.05) is 6.26 Å². The third kappa shape index (κ3) is 3.60. The minimum Gasteiger partial charge on any atom is -0.255 e. The van der Waals surface area contributed by atoms with Crippen molar-refractivity contribution < 1.29 is 8.42 Å². The van der Waals surface area contributed by atoms with E-state index in [4.69, 9.17) is 23.2 Å². The molecule has 0 heterocycles. The largest absolute Gasteiger partial charge is 0.255 e. The predicted molar refractivity (Wildman–Crippen MR) is 83.3 cm³/mol. The van der Waals surface area contributed by atoms with Gasteiger partial charge in [0.2, 0.25) is 0 Å². The third-order valence-electron chi connectivity index (χ3n) is 2.57. The van der Waals surface area contributed by atoms with E-state index in [0.29, 0.717) is 21.3 Å². The highest BCUT2D eigenvalue weighted by molar-refractivity contribution is 7.90. The Bertz CT molecular complexity index is 770. The zero-order valence-electron chi connectivity index (χ0n) is 10.5. The topological polar surface area (TPSA) is 46.5 Å². The summed E-state index contributed by atoms with van der Waals surface area (Å²) in [6.45, 7) is 0. The molecule has 104 valence electrons. The first kappa shape index (κ1) is 15.0. The molecule has 0 fully saturated rings. The summed E-state index contributed by atoms with van der Waals surface area (Å²) in [5.74, 6) is 0. The molecule has 0 saturated heterocycles. The van der Waals surface area contributed by atoms with E-state index in [-0.39, 0.29) is 4.90 Å². The molecule has 6 heteroatoms. The summed E-state index contributed by atoms with van der Waals surface area (Å²) in [5, 5.41) is 0.927. The number of nitrogens with zero attached hydrogens (tertiary/aromatic N) is 1. The Morgan fingerprint density at radius 3 is 2.45 bits per heavy atom. The highest BCUT2D eigenvalue weighted by Crippen LogP contribution is 2.28. The van der Waals surface area contributed by atoms with Gasteiger partial charge in [-0.1, -0.05) is 41.4 Å². The molecular weight excluding hydrogens is 317 g/mol. The fourth-order valence-corrected chi connectivity index (χ4v) is 2.98. The summed E-state index contributed by atoms with van der Waals surface area (Å²) in [4.78, 5) is 4.44. The van der Waals surface area contributed by atoms with Crippen LogP contribution in [0.1, 0.15) is 5.56 Å². The van der Waals surface area contributed by atoms with Crippen LogP contribution in [0.5, 0.6) is 0 Å². The van der Waals surface area contributed by atoms with Gasteiger partial charge in [0.25, 0.3) is 0 Å². The van der Waals surface area contributed by atoms with E-state index < -0.39 is 9.84 Å². The molecule has 0 saturated carbocycles. The molecule has 0 aliphatic heterocycles. The van der Waals surface area contributed by atoms with Crippen molar-refractivity contribution >= 4 is 44.9 Å². The van der Waals surface area contributed by atoms with E-state index in [1.165, 1.54) is 6.21 Å². The van der Waals surface area contributed by atoms with Gasteiger partial charge in [0, 0.05) is 23.1 Å². The molecule has 0 N–H and O–H groups in total. The summed E-state index contributed by atoms with van der Waals surface area (Å²) in [5.41, 5.74) is 1.04. The fraction of sp³-hybridized carbons (Fsp3) is 0.0714. The van der Waals surface area contributed by atoms with E-state index in [1.807, 2.05) is 0 Å². The molecule has 0 unspecified atom stereocenters. The van der Waals surface area contributed by atoms with Crippen LogP contribution in [-0.4, -0.2) is 20.9 Å². The number of hydrogen-bond acceptors (Lipinski definition) is 3. The van der Waals surface area contributed by atoms with Crippen LogP contribution in [-0.2, 0) is 9.84 Å². The van der Waals surface area contributed by atoms with Crippen molar-refractivity contribution in [2.24, 2.45) is 4.99 Å². The Balaban J connectivity index is 2.42. The molecule has 0 radical (unpaired) electrons. The normalized spacial score (nSPS) is 11.9. The van der Waals surface area contributed by atoms with Crippen LogP contribution in [0.25, 0.3) is 0 Å². The molecule has 3 nitrogen and oxygen atoms in total. The number of halogens is 2. The van der Waals surface area contributed by atoms with Gasteiger partial charge in [-0.25, -0.2) is 8.42 Å². The summed E-state index contributed by atoms with van der Waals surface area (Å²) in [7, 11) is -3.30. The van der Waals surface area contributed by atoms with Gasteiger partial charge in [-0.3, -0.25) is 4.99 Å². The second-order valence-electron chi connectivity index (χ2n) is 4.16. The number of sulfone groups is 1. The second-order valence-corrected chi connectivity index (χ2v) is 6.99. The van der Waals surface area contributed by atoms with Gasteiger partial charge in [-0.2, -0.15) is 0 Å². The van der Waals surface area contributed by atoms with Gasteiger partial charge in [0.15, 0.2) is 9.84 Å². The van der Waals surface area contributed by atoms with Crippen LogP contribution in [0.2, 0.25) is 10.0 Å². The first-order valence-corrected chi connectivity index (χ1v) is 8.31.